The van der Waals surface area contributed by atoms with Crippen LogP contribution in [0.25, 0.3) is 51.8 Å². The third-order valence-electron chi connectivity index (χ3n) is 17.0. The van der Waals surface area contributed by atoms with E-state index in [1.807, 2.05) is 29.6 Å². The molecule has 10 rings (SSSR count). The molecule has 2 aliphatic carbocycles. The number of rotatable bonds is 12. The van der Waals surface area contributed by atoms with Crippen LogP contribution < -0.4 is 10.9 Å². The van der Waals surface area contributed by atoms with Gasteiger partial charge in [0.1, 0.15) is 0 Å². The van der Waals surface area contributed by atoms with E-state index in [2.05, 4.69) is 166 Å². The van der Waals surface area contributed by atoms with Gasteiger partial charge < -0.3 is 23.4 Å². The minimum Gasteiger partial charge on any atom is -0.462 e. The van der Waals surface area contributed by atoms with Crippen molar-refractivity contribution in [3.63, 3.8) is 0 Å². The Morgan fingerprint density at radius 2 is 0.900 bits per heavy atom. The average molecular weight is 979 g/mol. The smallest absolute Gasteiger partial charge is 0.462 e. The molecule has 2 saturated heterocycles. The topological polar surface area (TPSA) is 63.2 Å². The third kappa shape index (κ3) is 7.40. The van der Waals surface area contributed by atoms with Crippen LogP contribution in [0.1, 0.15) is 182 Å². The number of fused-ring (bicyclic) bond motifs is 13. The van der Waals surface area contributed by atoms with Gasteiger partial charge in [-0.2, -0.15) is 0 Å². The van der Waals surface area contributed by atoms with Gasteiger partial charge in [0.25, 0.3) is 0 Å². The first-order valence-electron chi connectivity index (χ1n) is 26.4. The van der Waals surface area contributed by atoms with Crippen LogP contribution in [-0.4, -0.2) is 49.2 Å². The van der Waals surface area contributed by atoms with Crippen molar-refractivity contribution >= 4 is 84.8 Å². The van der Waals surface area contributed by atoms with Crippen molar-refractivity contribution in [2.45, 2.75) is 184 Å². The monoisotopic (exact) mass is 979 g/mol. The maximum absolute atomic E-state index is 15.1. The Labute approximate surface area is 427 Å². The zero-order valence-electron chi connectivity index (χ0n) is 45.4. The Morgan fingerprint density at radius 1 is 0.529 bits per heavy atom. The Balaban J connectivity index is 1.28. The molecule has 0 radical (unpaired) electrons. The summed E-state index contributed by atoms with van der Waals surface area (Å²) in [6.07, 6.45) is 3.90. The maximum Gasteiger partial charge on any atom is 0.494 e. The molecule has 0 bridgehead atoms. The molecule has 6 nitrogen and oxygen atoms in total. The lowest BCUT2D eigenvalue weighted by atomic mass is 9.64. The lowest BCUT2D eigenvalue weighted by molar-refractivity contribution is 0.00578. The Hall–Kier alpha value is -3.50. The number of carbonyl (C=O) groups excluding carboxylic acids is 1. The highest BCUT2D eigenvalue weighted by Gasteiger charge is 2.55. The van der Waals surface area contributed by atoms with Gasteiger partial charge in [0.2, 0.25) is 0 Å². The molecule has 0 spiro atoms. The largest absolute Gasteiger partial charge is 0.494 e. The van der Waals surface area contributed by atoms with Crippen LogP contribution in [0.5, 0.6) is 0 Å². The van der Waals surface area contributed by atoms with Gasteiger partial charge in [0.05, 0.1) is 34.6 Å². The van der Waals surface area contributed by atoms with E-state index in [1.54, 1.807) is 0 Å². The second-order valence-corrected chi connectivity index (χ2v) is 27.4. The molecule has 0 N–H and O–H groups in total. The van der Waals surface area contributed by atoms with Crippen molar-refractivity contribution in [1.82, 2.24) is 0 Å². The molecule has 2 aliphatic heterocycles. The predicted molar refractivity (Wildman–Crippen MR) is 297 cm³/mol. The quantitative estimate of drug-likeness (QED) is 0.0899. The van der Waals surface area contributed by atoms with E-state index in [1.165, 1.54) is 74.1 Å². The molecule has 10 heteroatoms. The molecule has 70 heavy (non-hydrogen) atoms. The molecule has 0 unspecified atom stereocenters. The van der Waals surface area contributed by atoms with Crippen molar-refractivity contribution in [3.05, 3.63) is 81.9 Å². The highest BCUT2D eigenvalue weighted by atomic mass is 32.1. The number of carbonyl (C=O) groups is 1. The molecular weight excluding hydrogens is 902 g/mol. The van der Waals surface area contributed by atoms with Crippen LogP contribution >= 0.6 is 22.7 Å². The van der Waals surface area contributed by atoms with Crippen molar-refractivity contribution in [3.8, 4) is 20.9 Å². The molecule has 0 atom stereocenters. The zero-order chi connectivity index (χ0) is 50.6. The summed E-state index contributed by atoms with van der Waals surface area (Å²) in [6, 6.07) is 18.6. The first-order valence-corrected chi connectivity index (χ1v) is 28.0. The van der Waals surface area contributed by atoms with Crippen LogP contribution in [0.2, 0.25) is 0 Å². The lowest BCUT2D eigenvalue weighted by Crippen LogP contribution is -2.41. The van der Waals surface area contributed by atoms with E-state index in [0.29, 0.717) is 35.8 Å². The summed E-state index contributed by atoms with van der Waals surface area (Å²) < 4.78 is 35.1. The summed E-state index contributed by atoms with van der Waals surface area (Å²) in [4.78, 5) is 17.6. The van der Waals surface area contributed by atoms with Gasteiger partial charge in [0.15, 0.2) is 0 Å². The van der Waals surface area contributed by atoms with Crippen LogP contribution in [-0.2, 0) is 34.2 Å². The minimum absolute atomic E-state index is 0.243. The van der Waals surface area contributed by atoms with Crippen molar-refractivity contribution in [2.24, 2.45) is 23.7 Å². The van der Waals surface area contributed by atoms with Gasteiger partial charge in [-0.3, -0.25) is 0 Å². The second-order valence-electron chi connectivity index (χ2n) is 25.3. The van der Waals surface area contributed by atoms with Gasteiger partial charge in [-0.25, -0.2) is 4.79 Å². The number of hydrogen-bond acceptors (Lipinski definition) is 8. The molecule has 4 aliphatic rings. The summed E-state index contributed by atoms with van der Waals surface area (Å²) in [7, 11) is -0.897. The summed E-state index contributed by atoms with van der Waals surface area (Å²) in [5.74, 6) is 1.34. The van der Waals surface area contributed by atoms with Crippen LogP contribution in [0.4, 0.5) is 0 Å². The van der Waals surface area contributed by atoms with E-state index in [-0.39, 0.29) is 16.8 Å². The van der Waals surface area contributed by atoms with E-state index in [9.17, 15) is 0 Å². The van der Waals surface area contributed by atoms with Crippen LogP contribution in [0, 0.1) is 30.6 Å². The summed E-state index contributed by atoms with van der Waals surface area (Å²) in [5.41, 5.74) is 9.67. The third-order valence-corrected chi connectivity index (χ3v) is 19.4. The fourth-order valence-electron chi connectivity index (χ4n) is 13.4. The molecule has 6 aromatic rings. The van der Waals surface area contributed by atoms with E-state index in [4.69, 9.17) is 23.4 Å². The average Bonchev–Trinajstić information content (AvgIpc) is 4.02. The highest BCUT2D eigenvalue weighted by Crippen LogP contribution is 2.67. The van der Waals surface area contributed by atoms with Gasteiger partial charge in [-0.1, -0.05) is 85.7 Å². The minimum atomic E-state index is -0.465. The van der Waals surface area contributed by atoms with Crippen molar-refractivity contribution < 1.29 is 28.1 Å². The molecule has 0 amide bonds. The first kappa shape index (κ1) is 50.1. The highest BCUT2D eigenvalue weighted by molar-refractivity contribution is 7.23. The molecule has 4 aromatic carbocycles. The van der Waals surface area contributed by atoms with Crippen LogP contribution in [0.15, 0.2) is 48.5 Å². The zero-order valence-corrected chi connectivity index (χ0v) is 47.0. The first-order chi connectivity index (χ1) is 32.7. The van der Waals surface area contributed by atoms with Crippen molar-refractivity contribution in [2.75, 3.05) is 6.61 Å². The Bertz CT molecular complexity index is 3060. The van der Waals surface area contributed by atoms with Gasteiger partial charge in [0, 0.05) is 35.5 Å². The van der Waals surface area contributed by atoms with Gasteiger partial charge >= 0.3 is 20.2 Å². The fourth-order valence-corrected chi connectivity index (χ4v) is 16.3. The number of thiophene rings is 2. The number of ether oxygens (including phenoxy) is 1. The maximum atomic E-state index is 15.1. The Kier molecular flexibility index (Phi) is 12.0. The normalized spacial score (nSPS) is 20.0. The Morgan fingerprint density at radius 3 is 1.29 bits per heavy atom. The van der Waals surface area contributed by atoms with E-state index < -0.39 is 36.6 Å². The molecule has 4 heterocycles. The van der Waals surface area contributed by atoms with E-state index >= 15 is 4.79 Å². The molecule has 370 valence electrons. The molecule has 0 saturated carbocycles. The molecule has 2 aromatic heterocycles. The molecule has 2 fully saturated rings. The number of esters is 1. The van der Waals surface area contributed by atoms with E-state index in [0.717, 1.165) is 42.2 Å². The number of benzene rings is 4. The lowest BCUT2D eigenvalue weighted by Gasteiger charge is -2.39. The SMILES string of the molecule is CCOC(=O)c1cc2c3c(c(C)cc2c2c1-c1sc4cc(B5OC(C)(C)C(C)(C)O5)ccc4c1C2(CC(C)C)CC(C)C)-c1sc2cc(B4OC(C)(C)C(C)(C)O4)ccc2c1C3(CC(C)C)CC(C)C. The van der Waals surface area contributed by atoms with Crippen molar-refractivity contribution in [1.29, 1.82) is 0 Å². The summed E-state index contributed by atoms with van der Waals surface area (Å²) in [5, 5.41) is 5.10. The summed E-state index contributed by atoms with van der Waals surface area (Å²) in [6.45, 7) is 40.6. The number of hydrogen-bond donors (Lipinski definition) is 0. The molecular formula is C60H76B2O6S2. The van der Waals surface area contributed by atoms with Crippen LogP contribution in [0.3, 0.4) is 0 Å². The van der Waals surface area contributed by atoms with Gasteiger partial charge in [-0.15, -0.1) is 22.7 Å². The summed E-state index contributed by atoms with van der Waals surface area (Å²) >= 11 is 3.76. The standard InChI is InChI=1S/C60H76B2O6S2/c1-19-64-54(63)43-27-42-41(49-47(43)53-51(60(49,30-34(6)7)31-35(8)9)40-23-21-38(26-45(40)70-53)62-67-57(15,16)58(17,18)68-62)24-36(10)46-48(42)59(28-32(2)3,29-33(4)5)50-39-22-20-37(25-44(39)69-52(46)50)61-65-55(11,12)56(13,14)66-61/h20-27,32-35H,19,28-31H2,1-18H3. The number of aryl methyl sites for hydroxylation is 1. The predicted octanol–water partition coefficient (Wildman–Crippen LogP) is 15.1. The second kappa shape index (κ2) is 16.8. The fraction of sp³-hybridized carbons (Fsp3) is 0.550. The van der Waals surface area contributed by atoms with Gasteiger partial charge in [-0.05, 0) is 203 Å².